The maximum Gasteiger partial charge on any atom is 0.326 e. The molecule has 0 aliphatic carbocycles. The number of aromatic amines is 1. The molecule has 2 aromatic carbocycles. The Labute approximate surface area is 155 Å². The summed E-state index contributed by atoms with van der Waals surface area (Å²) in [7, 11) is 0. The number of esters is 1. The van der Waals surface area contributed by atoms with Gasteiger partial charge in [-0.2, -0.15) is 0 Å². The third kappa shape index (κ3) is 4.33. The van der Waals surface area contributed by atoms with Crippen molar-refractivity contribution in [3.05, 3.63) is 65.9 Å². The molecule has 138 valence electrons. The van der Waals surface area contributed by atoms with Crippen molar-refractivity contribution in [2.24, 2.45) is 0 Å². The average Bonchev–Trinajstić information content (AvgIpc) is 3.04. The lowest BCUT2D eigenvalue weighted by atomic mass is 10.0. The van der Waals surface area contributed by atoms with E-state index in [1.165, 1.54) is 19.1 Å². The minimum atomic E-state index is -1.13. The van der Waals surface area contributed by atoms with Crippen molar-refractivity contribution in [3.8, 4) is 5.75 Å². The summed E-state index contributed by atoms with van der Waals surface area (Å²) in [6.45, 7) is 1.26. The fraction of sp³-hybridized carbons (Fsp3) is 0.150. The number of para-hydroxylation sites is 1. The van der Waals surface area contributed by atoms with Crippen LogP contribution in [0.5, 0.6) is 5.75 Å². The molecule has 7 nitrogen and oxygen atoms in total. The molecule has 0 aliphatic rings. The minimum absolute atomic E-state index is 0.134. The van der Waals surface area contributed by atoms with Gasteiger partial charge in [-0.3, -0.25) is 9.59 Å². The number of benzene rings is 2. The molecule has 7 heteroatoms. The molecule has 3 rings (SSSR count). The van der Waals surface area contributed by atoms with E-state index in [2.05, 4.69) is 10.3 Å². The van der Waals surface area contributed by atoms with E-state index in [4.69, 9.17) is 4.74 Å². The van der Waals surface area contributed by atoms with Crippen LogP contribution in [0.3, 0.4) is 0 Å². The van der Waals surface area contributed by atoms with E-state index in [1.807, 2.05) is 24.3 Å². The fourth-order valence-electron chi connectivity index (χ4n) is 2.83. The molecule has 1 heterocycles. The SMILES string of the molecule is CC(=O)Oc1cccc(C(=O)N[C@H](Cc2c[nH]c3ccccc23)C(=O)O)c1. The summed E-state index contributed by atoms with van der Waals surface area (Å²) in [5.41, 5.74) is 1.91. The largest absolute Gasteiger partial charge is 0.480 e. The first-order valence-electron chi connectivity index (χ1n) is 8.31. The lowest BCUT2D eigenvalue weighted by Gasteiger charge is -2.14. The van der Waals surface area contributed by atoms with E-state index in [1.54, 1.807) is 18.3 Å². The topological polar surface area (TPSA) is 108 Å². The fourth-order valence-corrected chi connectivity index (χ4v) is 2.83. The first-order valence-corrected chi connectivity index (χ1v) is 8.31. The second kappa shape index (κ2) is 7.74. The van der Waals surface area contributed by atoms with E-state index in [9.17, 15) is 19.5 Å². The van der Waals surface area contributed by atoms with Crippen LogP contribution in [0.15, 0.2) is 54.7 Å². The normalized spacial score (nSPS) is 11.7. The Balaban J connectivity index is 1.77. The number of aromatic nitrogens is 1. The first kappa shape index (κ1) is 18.2. The van der Waals surface area contributed by atoms with Gasteiger partial charge in [-0.1, -0.05) is 24.3 Å². The summed E-state index contributed by atoms with van der Waals surface area (Å²) < 4.78 is 4.95. The second-order valence-corrected chi connectivity index (χ2v) is 6.05. The van der Waals surface area contributed by atoms with Crippen LogP contribution in [0.4, 0.5) is 0 Å². The maximum absolute atomic E-state index is 12.5. The van der Waals surface area contributed by atoms with Gasteiger partial charge in [0.15, 0.2) is 0 Å². The highest BCUT2D eigenvalue weighted by atomic mass is 16.5. The standard InChI is InChI=1S/C20H18N2O5/c1-12(23)27-15-6-4-5-13(9-15)19(24)22-18(20(25)26)10-14-11-21-17-8-3-2-7-16(14)17/h2-9,11,18,21H,10H2,1H3,(H,22,24)(H,25,26)/t18-/m1/s1. The summed E-state index contributed by atoms with van der Waals surface area (Å²) in [5.74, 6) is -1.98. The van der Waals surface area contributed by atoms with Crippen LogP contribution in [0.2, 0.25) is 0 Å². The van der Waals surface area contributed by atoms with Crippen molar-refractivity contribution in [1.82, 2.24) is 10.3 Å². The predicted octanol–water partition coefficient (Wildman–Crippen LogP) is 2.52. The predicted molar refractivity (Wildman–Crippen MR) is 98.6 cm³/mol. The Morgan fingerprint density at radius 1 is 1.15 bits per heavy atom. The molecule has 3 N–H and O–H groups in total. The lowest BCUT2D eigenvalue weighted by molar-refractivity contribution is -0.139. The Kier molecular flexibility index (Phi) is 5.21. The molecule has 0 fully saturated rings. The van der Waals surface area contributed by atoms with Gasteiger partial charge < -0.3 is 20.1 Å². The molecule has 0 aliphatic heterocycles. The third-order valence-electron chi connectivity index (χ3n) is 4.06. The summed E-state index contributed by atoms with van der Waals surface area (Å²) in [4.78, 5) is 38.2. The minimum Gasteiger partial charge on any atom is -0.480 e. The van der Waals surface area contributed by atoms with Gasteiger partial charge in [0.25, 0.3) is 5.91 Å². The molecular formula is C20H18N2O5. The number of H-pyrrole nitrogens is 1. The van der Waals surface area contributed by atoms with Gasteiger partial charge in [0, 0.05) is 36.0 Å². The molecule has 1 aromatic heterocycles. The molecular weight excluding hydrogens is 348 g/mol. The van der Waals surface area contributed by atoms with E-state index >= 15 is 0 Å². The number of carboxylic acids is 1. The molecule has 0 saturated heterocycles. The van der Waals surface area contributed by atoms with E-state index in [0.717, 1.165) is 16.5 Å². The number of carbonyl (C=O) groups is 3. The monoisotopic (exact) mass is 366 g/mol. The second-order valence-electron chi connectivity index (χ2n) is 6.05. The highest BCUT2D eigenvalue weighted by molar-refractivity contribution is 5.97. The van der Waals surface area contributed by atoms with E-state index in [-0.39, 0.29) is 17.7 Å². The first-order chi connectivity index (χ1) is 12.9. The molecule has 3 aromatic rings. The van der Waals surface area contributed by atoms with Gasteiger partial charge in [0.05, 0.1) is 0 Å². The van der Waals surface area contributed by atoms with E-state index < -0.39 is 23.9 Å². The van der Waals surface area contributed by atoms with Crippen LogP contribution in [-0.2, 0) is 16.0 Å². The number of carbonyl (C=O) groups excluding carboxylic acids is 2. The zero-order chi connectivity index (χ0) is 19.4. The van der Waals surface area contributed by atoms with Gasteiger partial charge in [0.1, 0.15) is 11.8 Å². The van der Waals surface area contributed by atoms with Gasteiger partial charge in [-0.05, 0) is 29.8 Å². The average molecular weight is 366 g/mol. The molecule has 27 heavy (non-hydrogen) atoms. The zero-order valence-corrected chi connectivity index (χ0v) is 14.6. The zero-order valence-electron chi connectivity index (χ0n) is 14.6. The third-order valence-corrected chi connectivity index (χ3v) is 4.06. The van der Waals surface area contributed by atoms with Crippen LogP contribution in [0, 0.1) is 0 Å². The van der Waals surface area contributed by atoms with Gasteiger partial charge in [-0.25, -0.2) is 4.79 Å². The molecule has 1 atom stereocenters. The lowest BCUT2D eigenvalue weighted by Crippen LogP contribution is -2.42. The smallest absolute Gasteiger partial charge is 0.326 e. The van der Waals surface area contributed by atoms with Crippen molar-refractivity contribution in [3.63, 3.8) is 0 Å². The molecule has 0 unspecified atom stereocenters. The number of fused-ring (bicyclic) bond motifs is 1. The number of carboxylic acid groups (broad SMARTS) is 1. The van der Waals surface area contributed by atoms with Crippen molar-refractivity contribution < 1.29 is 24.2 Å². The van der Waals surface area contributed by atoms with Crippen LogP contribution in [0.25, 0.3) is 10.9 Å². The Hall–Kier alpha value is -3.61. The van der Waals surface area contributed by atoms with Crippen molar-refractivity contribution in [1.29, 1.82) is 0 Å². The molecule has 0 bridgehead atoms. The summed E-state index contributed by atoms with van der Waals surface area (Å²) in [5, 5.41) is 13.0. The number of ether oxygens (including phenoxy) is 1. The highest BCUT2D eigenvalue weighted by Gasteiger charge is 2.22. The Morgan fingerprint density at radius 2 is 1.93 bits per heavy atom. The summed E-state index contributed by atoms with van der Waals surface area (Å²) >= 11 is 0. The van der Waals surface area contributed by atoms with Crippen LogP contribution in [-0.4, -0.2) is 34.0 Å². The molecule has 0 spiro atoms. The van der Waals surface area contributed by atoms with E-state index in [0.29, 0.717) is 0 Å². The number of nitrogens with one attached hydrogen (secondary N) is 2. The van der Waals surface area contributed by atoms with Gasteiger partial charge in [-0.15, -0.1) is 0 Å². The van der Waals surface area contributed by atoms with Crippen molar-refractivity contribution in [2.75, 3.05) is 0 Å². The number of hydrogen-bond acceptors (Lipinski definition) is 4. The number of amides is 1. The van der Waals surface area contributed by atoms with Crippen molar-refractivity contribution >= 4 is 28.7 Å². The van der Waals surface area contributed by atoms with Crippen LogP contribution in [0.1, 0.15) is 22.8 Å². The van der Waals surface area contributed by atoms with Gasteiger partial charge >= 0.3 is 11.9 Å². The van der Waals surface area contributed by atoms with Crippen LogP contribution >= 0.6 is 0 Å². The highest BCUT2D eigenvalue weighted by Crippen LogP contribution is 2.19. The van der Waals surface area contributed by atoms with Gasteiger partial charge in [0.2, 0.25) is 0 Å². The summed E-state index contributed by atoms with van der Waals surface area (Å²) in [6, 6.07) is 12.5. The van der Waals surface area contributed by atoms with Crippen molar-refractivity contribution in [2.45, 2.75) is 19.4 Å². The molecule has 1 amide bonds. The Morgan fingerprint density at radius 3 is 2.67 bits per heavy atom. The number of aliphatic carboxylic acids is 1. The maximum atomic E-state index is 12.5. The summed E-state index contributed by atoms with van der Waals surface area (Å²) in [6.07, 6.45) is 1.88. The van der Waals surface area contributed by atoms with Crippen LogP contribution < -0.4 is 10.1 Å². The molecule has 0 saturated carbocycles. The number of hydrogen-bond donors (Lipinski definition) is 3. The quantitative estimate of drug-likeness (QED) is 0.459. The Bertz CT molecular complexity index is 1010. The number of rotatable bonds is 6. The molecule has 0 radical (unpaired) electrons.